The Morgan fingerprint density at radius 3 is 2.81 bits per heavy atom. The van der Waals surface area contributed by atoms with Crippen molar-refractivity contribution in [3.8, 4) is 9.85 Å². The number of rotatable bonds is 3. The molecule has 0 N–H and O–H groups in total. The predicted molar refractivity (Wildman–Crippen MR) is 68.9 cm³/mol. The van der Waals surface area contributed by atoms with E-state index in [1.807, 2.05) is 52.9 Å². The summed E-state index contributed by atoms with van der Waals surface area (Å²) in [7, 11) is 0. The molecule has 1 aromatic carbocycles. The van der Waals surface area contributed by atoms with E-state index >= 15 is 0 Å². The fraction of sp³-hybridized carbons (Fsp3) is 0.182. The molecule has 2 aromatic rings. The summed E-state index contributed by atoms with van der Waals surface area (Å²) in [5, 5.41) is 12.1. The normalized spacial score (nSPS) is 9.56. The van der Waals surface area contributed by atoms with Crippen molar-refractivity contribution in [2.45, 2.75) is 13.0 Å². The summed E-state index contributed by atoms with van der Waals surface area (Å²) < 4.78 is 2.77. The van der Waals surface area contributed by atoms with Crippen LogP contribution in [0.5, 0.6) is 0 Å². The number of hydrogen-bond donors (Lipinski definition) is 0. The third kappa shape index (κ3) is 3.03. The Hall–Kier alpha value is -1.42. The molecular weight excluding hydrogens is 315 g/mol. The molecule has 0 aliphatic heterocycles. The van der Waals surface area contributed by atoms with Gasteiger partial charge in [-0.05, 0) is 14.7 Å². The summed E-state index contributed by atoms with van der Waals surface area (Å²) in [4.78, 5) is 1.50. The Kier molecular flexibility index (Phi) is 3.88. The first-order valence-electron chi connectivity index (χ1n) is 4.77. The first kappa shape index (κ1) is 11.1. The van der Waals surface area contributed by atoms with Crippen molar-refractivity contribution >= 4 is 22.6 Å². The summed E-state index contributed by atoms with van der Waals surface area (Å²) in [5.74, 6) is 3.60. The predicted octanol–water partition coefficient (Wildman–Crippen LogP) is 1.66. The van der Waals surface area contributed by atoms with E-state index in [2.05, 4.69) is 25.3 Å². The lowest BCUT2D eigenvalue weighted by Crippen LogP contribution is -2.00. The minimum Gasteiger partial charge on any atom is -0.152 e. The maximum absolute atomic E-state index is 4.23. The number of aromatic nitrogens is 4. The minimum absolute atomic E-state index is 0.491. The standard InChI is InChI=1S/C11H9IN4/c12-7-4-8-16-14-11(13-15-16)9-10-5-2-1-3-6-10/h1-3,5-6H,8-9H2. The molecule has 0 unspecified atom stereocenters. The fourth-order valence-electron chi connectivity index (χ4n) is 1.29. The highest BCUT2D eigenvalue weighted by molar-refractivity contribution is 14.1. The maximum Gasteiger partial charge on any atom is 0.179 e. The van der Waals surface area contributed by atoms with Gasteiger partial charge < -0.3 is 0 Å². The van der Waals surface area contributed by atoms with Crippen LogP contribution in [-0.2, 0) is 13.0 Å². The largest absolute Gasteiger partial charge is 0.179 e. The second kappa shape index (κ2) is 5.61. The van der Waals surface area contributed by atoms with Crippen LogP contribution in [0.15, 0.2) is 30.3 Å². The molecule has 0 amide bonds. The monoisotopic (exact) mass is 324 g/mol. The third-order valence-corrected chi connectivity index (χ3v) is 2.37. The summed E-state index contributed by atoms with van der Waals surface area (Å²) in [5.41, 5.74) is 1.18. The van der Waals surface area contributed by atoms with Crippen molar-refractivity contribution in [3.05, 3.63) is 41.7 Å². The van der Waals surface area contributed by atoms with E-state index in [-0.39, 0.29) is 0 Å². The maximum atomic E-state index is 4.23. The second-order valence-electron chi connectivity index (χ2n) is 3.17. The van der Waals surface area contributed by atoms with Crippen molar-refractivity contribution < 1.29 is 0 Å². The van der Waals surface area contributed by atoms with Crippen LogP contribution in [0.25, 0.3) is 0 Å². The quantitative estimate of drug-likeness (QED) is 0.637. The third-order valence-electron chi connectivity index (χ3n) is 1.99. The molecule has 1 aromatic heterocycles. The van der Waals surface area contributed by atoms with Crippen molar-refractivity contribution in [2.24, 2.45) is 0 Å². The van der Waals surface area contributed by atoms with Crippen LogP contribution < -0.4 is 0 Å². The Morgan fingerprint density at radius 2 is 2.06 bits per heavy atom. The molecule has 16 heavy (non-hydrogen) atoms. The van der Waals surface area contributed by atoms with Crippen LogP contribution >= 0.6 is 22.6 Å². The van der Waals surface area contributed by atoms with E-state index in [0.717, 1.165) is 5.82 Å². The average Bonchev–Trinajstić information content (AvgIpc) is 2.75. The number of halogens is 1. The number of hydrogen-bond acceptors (Lipinski definition) is 3. The zero-order valence-corrected chi connectivity index (χ0v) is 10.6. The van der Waals surface area contributed by atoms with Crippen LogP contribution in [0.2, 0.25) is 0 Å². The Balaban J connectivity index is 2.05. The van der Waals surface area contributed by atoms with Gasteiger partial charge in [-0.25, -0.2) is 0 Å². The summed E-state index contributed by atoms with van der Waals surface area (Å²) in [6.07, 6.45) is 0.707. The van der Waals surface area contributed by atoms with Crippen LogP contribution in [0.1, 0.15) is 11.4 Å². The van der Waals surface area contributed by atoms with E-state index in [9.17, 15) is 0 Å². The molecule has 0 saturated carbocycles. The molecule has 0 aliphatic carbocycles. The Morgan fingerprint density at radius 1 is 1.25 bits per heavy atom. The first-order valence-corrected chi connectivity index (χ1v) is 5.85. The van der Waals surface area contributed by atoms with Crippen LogP contribution in [0, 0.1) is 9.85 Å². The van der Waals surface area contributed by atoms with E-state index < -0.39 is 0 Å². The summed E-state index contributed by atoms with van der Waals surface area (Å²) >= 11 is 1.99. The second-order valence-corrected chi connectivity index (χ2v) is 3.71. The number of benzene rings is 1. The van der Waals surface area contributed by atoms with Crippen LogP contribution in [0.3, 0.4) is 0 Å². The zero-order chi connectivity index (χ0) is 11.2. The van der Waals surface area contributed by atoms with Gasteiger partial charge in [-0.15, -0.1) is 10.2 Å². The van der Waals surface area contributed by atoms with E-state index in [1.54, 1.807) is 0 Å². The van der Waals surface area contributed by atoms with Gasteiger partial charge in [0.1, 0.15) is 6.54 Å². The smallest absolute Gasteiger partial charge is 0.152 e. The van der Waals surface area contributed by atoms with Gasteiger partial charge in [0.2, 0.25) is 0 Å². The highest BCUT2D eigenvalue weighted by Gasteiger charge is 2.02. The van der Waals surface area contributed by atoms with Gasteiger partial charge in [-0.2, -0.15) is 4.80 Å². The minimum atomic E-state index is 0.491. The van der Waals surface area contributed by atoms with Crippen LogP contribution in [0.4, 0.5) is 0 Å². The molecule has 0 aliphatic rings. The molecule has 2 rings (SSSR count). The lowest BCUT2D eigenvalue weighted by molar-refractivity contribution is 0.590. The van der Waals surface area contributed by atoms with Gasteiger partial charge in [0.15, 0.2) is 5.82 Å². The van der Waals surface area contributed by atoms with Gasteiger partial charge >= 0.3 is 0 Å². The average molecular weight is 324 g/mol. The van der Waals surface area contributed by atoms with E-state index in [4.69, 9.17) is 0 Å². The van der Waals surface area contributed by atoms with E-state index in [0.29, 0.717) is 13.0 Å². The van der Waals surface area contributed by atoms with Gasteiger partial charge in [0.05, 0.1) is 0 Å². The highest BCUT2D eigenvalue weighted by atomic mass is 127. The van der Waals surface area contributed by atoms with Gasteiger partial charge in [-0.3, -0.25) is 0 Å². The number of tetrazole rings is 1. The van der Waals surface area contributed by atoms with E-state index in [1.165, 1.54) is 10.4 Å². The molecule has 0 spiro atoms. The van der Waals surface area contributed by atoms with Crippen molar-refractivity contribution in [1.82, 2.24) is 20.2 Å². The molecule has 0 radical (unpaired) electrons. The molecule has 4 nitrogen and oxygen atoms in total. The highest BCUT2D eigenvalue weighted by Crippen LogP contribution is 2.03. The first-order chi connectivity index (χ1) is 7.88. The zero-order valence-electron chi connectivity index (χ0n) is 8.47. The molecule has 80 valence electrons. The lowest BCUT2D eigenvalue weighted by Gasteiger charge is -1.94. The van der Waals surface area contributed by atoms with Crippen molar-refractivity contribution in [2.75, 3.05) is 0 Å². The molecule has 0 atom stereocenters. The van der Waals surface area contributed by atoms with Crippen molar-refractivity contribution in [3.63, 3.8) is 0 Å². The molecule has 0 fully saturated rings. The summed E-state index contributed by atoms with van der Waals surface area (Å²) in [6.45, 7) is 0.491. The van der Waals surface area contributed by atoms with Gasteiger partial charge in [-0.1, -0.05) is 36.3 Å². The van der Waals surface area contributed by atoms with Gasteiger partial charge in [0.25, 0.3) is 0 Å². The van der Waals surface area contributed by atoms with Crippen molar-refractivity contribution in [1.29, 1.82) is 0 Å². The molecular formula is C11H9IN4. The fourth-order valence-corrected chi connectivity index (χ4v) is 1.46. The SMILES string of the molecule is IC#CCn1nnc(Cc2ccccc2)n1. The lowest BCUT2D eigenvalue weighted by atomic mass is 10.1. The van der Waals surface area contributed by atoms with Crippen LogP contribution in [-0.4, -0.2) is 20.2 Å². The Bertz CT molecular complexity index is 510. The molecule has 0 bridgehead atoms. The number of nitrogens with zero attached hydrogens (tertiary/aromatic N) is 4. The molecule has 5 heteroatoms. The molecule has 0 saturated heterocycles. The molecule has 1 heterocycles. The summed E-state index contributed by atoms with van der Waals surface area (Å²) in [6, 6.07) is 10.1. The van der Waals surface area contributed by atoms with Gasteiger partial charge in [0, 0.05) is 29.0 Å². The topological polar surface area (TPSA) is 43.6 Å². The Labute approximate surface area is 107 Å².